The van der Waals surface area contributed by atoms with Crippen LogP contribution in [0.1, 0.15) is 50.8 Å². The molecule has 3 aromatic carbocycles. The van der Waals surface area contributed by atoms with Crippen LogP contribution in [0.5, 0.6) is 5.75 Å². The van der Waals surface area contributed by atoms with Crippen LogP contribution in [0.2, 0.25) is 0 Å². The van der Waals surface area contributed by atoms with E-state index in [1.165, 1.54) is 0 Å². The summed E-state index contributed by atoms with van der Waals surface area (Å²) in [5, 5.41) is 5.87. The zero-order chi connectivity index (χ0) is 23.0. The van der Waals surface area contributed by atoms with Gasteiger partial charge >= 0.3 is 6.09 Å². The number of anilines is 1. The van der Waals surface area contributed by atoms with Crippen molar-refractivity contribution in [3.8, 4) is 5.75 Å². The van der Waals surface area contributed by atoms with E-state index in [0.717, 1.165) is 24.0 Å². The van der Waals surface area contributed by atoms with E-state index >= 15 is 0 Å². The molecular weight excluding hydrogens is 400 g/mol. The molecule has 0 fully saturated rings. The van der Waals surface area contributed by atoms with Crippen molar-refractivity contribution in [2.45, 2.75) is 39.7 Å². The molecule has 0 spiro atoms. The second-order valence-corrected chi connectivity index (χ2v) is 8.40. The summed E-state index contributed by atoms with van der Waals surface area (Å²) in [5.74, 6) is 0.294. The second kappa shape index (κ2) is 10.6. The van der Waals surface area contributed by atoms with Gasteiger partial charge in [0.05, 0.1) is 6.04 Å². The van der Waals surface area contributed by atoms with Gasteiger partial charge in [-0.15, -0.1) is 0 Å². The van der Waals surface area contributed by atoms with E-state index in [1.807, 2.05) is 74.5 Å². The SMILES string of the molecule is CCCC(C)(C)C(=O)Nc1cccc(OC(=O)NC(c2ccccc2)c2ccccc2)c1. The third kappa shape index (κ3) is 6.20. The number of hydrogen-bond acceptors (Lipinski definition) is 3. The lowest BCUT2D eigenvalue weighted by atomic mass is 9.87. The first-order valence-corrected chi connectivity index (χ1v) is 10.9. The molecule has 0 aromatic heterocycles. The zero-order valence-electron chi connectivity index (χ0n) is 18.8. The first-order chi connectivity index (χ1) is 15.4. The molecule has 3 aromatic rings. The van der Waals surface area contributed by atoms with E-state index in [9.17, 15) is 9.59 Å². The smallest absolute Gasteiger partial charge is 0.410 e. The van der Waals surface area contributed by atoms with Crippen molar-refractivity contribution in [2.24, 2.45) is 5.41 Å². The molecule has 5 nitrogen and oxygen atoms in total. The minimum Gasteiger partial charge on any atom is -0.410 e. The minimum absolute atomic E-state index is 0.0610. The van der Waals surface area contributed by atoms with E-state index in [1.54, 1.807) is 24.3 Å². The van der Waals surface area contributed by atoms with Gasteiger partial charge in [-0.1, -0.05) is 93.9 Å². The number of benzene rings is 3. The average molecular weight is 431 g/mol. The Morgan fingerprint density at radius 3 is 2.03 bits per heavy atom. The van der Waals surface area contributed by atoms with Gasteiger partial charge < -0.3 is 15.4 Å². The lowest BCUT2D eigenvalue weighted by molar-refractivity contribution is -0.124. The number of nitrogens with one attached hydrogen (secondary N) is 2. The van der Waals surface area contributed by atoms with Crippen LogP contribution in [-0.2, 0) is 4.79 Å². The fraction of sp³-hybridized carbons (Fsp3) is 0.259. The highest BCUT2D eigenvalue weighted by molar-refractivity contribution is 5.95. The summed E-state index contributed by atoms with van der Waals surface area (Å²) in [6.45, 7) is 5.90. The molecule has 0 heterocycles. The number of rotatable bonds is 8. The summed E-state index contributed by atoms with van der Waals surface area (Å²) < 4.78 is 5.54. The van der Waals surface area contributed by atoms with Crippen molar-refractivity contribution in [1.29, 1.82) is 0 Å². The fourth-order valence-electron chi connectivity index (χ4n) is 3.58. The van der Waals surface area contributed by atoms with Gasteiger partial charge in [-0.2, -0.15) is 0 Å². The molecule has 2 N–H and O–H groups in total. The summed E-state index contributed by atoms with van der Waals surface area (Å²) >= 11 is 0. The van der Waals surface area contributed by atoms with Crippen molar-refractivity contribution in [2.75, 3.05) is 5.32 Å². The van der Waals surface area contributed by atoms with E-state index in [0.29, 0.717) is 11.4 Å². The number of carbonyl (C=O) groups is 2. The van der Waals surface area contributed by atoms with Crippen LogP contribution in [0.4, 0.5) is 10.5 Å². The summed E-state index contributed by atoms with van der Waals surface area (Å²) in [7, 11) is 0. The monoisotopic (exact) mass is 430 g/mol. The third-order valence-corrected chi connectivity index (χ3v) is 5.32. The Kier molecular flexibility index (Phi) is 7.66. The maximum atomic E-state index is 12.7. The molecule has 0 radical (unpaired) electrons. The second-order valence-electron chi connectivity index (χ2n) is 8.40. The largest absolute Gasteiger partial charge is 0.413 e. The summed E-state index contributed by atoms with van der Waals surface area (Å²) in [5.41, 5.74) is 2.03. The molecule has 0 aliphatic heterocycles. The molecule has 2 amide bonds. The molecule has 0 aliphatic rings. The van der Waals surface area contributed by atoms with Crippen molar-refractivity contribution < 1.29 is 14.3 Å². The predicted octanol–water partition coefficient (Wildman–Crippen LogP) is 6.33. The van der Waals surface area contributed by atoms with Crippen LogP contribution in [0, 0.1) is 5.41 Å². The highest BCUT2D eigenvalue weighted by atomic mass is 16.6. The maximum Gasteiger partial charge on any atom is 0.413 e. The number of hydrogen-bond donors (Lipinski definition) is 2. The van der Waals surface area contributed by atoms with E-state index in [4.69, 9.17) is 4.74 Å². The van der Waals surface area contributed by atoms with Crippen molar-refractivity contribution >= 4 is 17.7 Å². The molecule has 0 unspecified atom stereocenters. The lowest BCUT2D eigenvalue weighted by Gasteiger charge is -2.23. The van der Waals surface area contributed by atoms with Gasteiger partial charge in [0.15, 0.2) is 0 Å². The molecule has 0 aliphatic carbocycles. The van der Waals surface area contributed by atoms with Crippen molar-refractivity contribution in [3.63, 3.8) is 0 Å². The van der Waals surface area contributed by atoms with Crippen molar-refractivity contribution in [1.82, 2.24) is 5.32 Å². The van der Waals surface area contributed by atoms with Crippen LogP contribution in [0.15, 0.2) is 84.9 Å². The van der Waals surface area contributed by atoms with Crippen molar-refractivity contribution in [3.05, 3.63) is 96.1 Å². The molecule has 0 bridgehead atoms. The summed E-state index contributed by atoms with van der Waals surface area (Å²) in [6, 6.07) is 26.0. The first-order valence-electron chi connectivity index (χ1n) is 10.9. The van der Waals surface area contributed by atoms with Gasteiger partial charge in [-0.05, 0) is 29.7 Å². The van der Waals surface area contributed by atoms with Crippen LogP contribution >= 0.6 is 0 Å². The van der Waals surface area contributed by atoms with Crippen LogP contribution in [0.3, 0.4) is 0 Å². The normalized spacial score (nSPS) is 11.1. The van der Waals surface area contributed by atoms with E-state index in [2.05, 4.69) is 17.6 Å². The lowest BCUT2D eigenvalue weighted by Crippen LogP contribution is -2.32. The van der Waals surface area contributed by atoms with E-state index in [-0.39, 0.29) is 11.9 Å². The Hall–Kier alpha value is -3.60. The average Bonchev–Trinajstić information content (AvgIpc) is 2.79. The minimum atomic E-state index is -0.572. The molecule has 3 rings (SSSR count). The molecule has 0 atom stereocenters. The Morgan fingerprint density at radius 1 is 0.875 bits per heavy atom. The van der Waals surface area contributed by atoms with Gasteiger partial charge in [-0.25, -0.2) is 4.79 Å². The zero-order valence-corrected chi connectivity index (χ0v) is 18.8. The molecule has 166 valence electrons. The van der Waals surface area contributed by atoms with Gasteiger partial charge in [0.25, 0.3) is 0 Å². The maximum absolute atomic E-state index is 12.7. The van der Waals surface area contributed by atoms with Crippen LogP contribution < -0.4 is 15.4 Å². The van der Waals surface area contributed by atoms with Gasteiger partial charge in [0.2, 0.25) is 5.91 Å². The summed E-state index contributed by atoms with van der Waals surface area (Å²) in [4.78, 5) is 25.3. The molecular formula is C27H30N2O3. The van der Waals surface area contributed by atoms with Gasteiger partial charge in [0, 0.05) is 17.2 Å². The number of amides is 2. The Morgan fingerprint density at radius 2 is 1.47 bits per heavy atom. The quantitative estimate of drug-likeness (QED) is 0.439. The highest BCUT2D eigenvalue weighted by Gasteiger charge is 2.26. The van der Waals surface area contributed by atoms with Crippen LogP contribution in [0.25, 0.3) is 0 Å². The molecule has 5 heteroatoms. The first kappa shape index (κ1) is 23.1. The predicted molar refractivity (Wildman–Crippen MR) is 128 cm³/mol. The Balaban J connectivity index is 1.71. The topological polar surface area (TPSA) is 67.4 Å². The molecule has 0 saturated carbocycles. The van der Waals surface area contributed by atoms with Gasteiger partial charge in [0.1, 0.15) is 5.75 Å². The molecule has 32 heavy (non-hydrogen) atoms. The van der Waals surface area contributed by atoms with Gasteiger partial charge in [-0.3, -0.25) is 4.79 Å². The third-order valence-electron chi connectivity index (χ3n) is 5.32. The Bertz CT molecular complexity index is 994. The fourth-order valence-corrected chi connectivity index (χ4v) is 3.58. The van der Waals surface area contributed by atoms with Crippen LogP contribution in [-0.4, -0.2) is 12.0 Å². The standard InChI is InChI=1S/C27H30N2O3/c1-4-18-27(2,3)25(30)28-22-16-11-17-23(19-22)32-26(31)29-24(20-12-7-5-8-13-20)21-14-9-6-10-15-21/h5-17,19,24H,4,18H2,1-3H3,(H,28,30)(H,29,31). The van der Waals surface area contributed by atoms with E-state index < -0.39 is 11.5 Å². The molecule has 0 saturated heterocycles. The number of carbonyl (C=O) groups excluding carboxylic acids is 2. The Labute approximate surface area is 189 Å². The number of ether oxygens (including phenoxy) is 1. The summed E-state index contributed by atoms with van der Waals surface area (Å²) in [6.07, 6.45) is 1.14. The highest BCUT2D eigenvalue weighted by Crippen LogP contribution is 2.26.